The standard InChI is InChI=1S/C28H22O7/c29-13-3-1-12(2-4-13)23-24-18(7-15(31)10-21(24)34)28-25-19(8-16(32)11-22(25)35)27(23)26(28)17-6-5-14(30)9-20(17)33/h1-11,23,26-35H/t23-,26+,27-,28-/m1/s1. The third-order valence-corrected chi connectivity index (χ3v) is 7.40. The molecule has 2 bridgehead atoms. The van der Waals surface area contributed by atoms with Crippen molar-refractivity contribution in [2.24, 2.45) is 0 Å². The molecule has 4 atom stereocenters. The van der Waals surface area contributed by atoms with E-state index >= 15 is 0 Å². The first kappa shape index (κ1) is 21.0. The number of rotatable bonds is 2. The van der Waals surface area contributed by atoms with E-state index in [1.165, 1.54) is 24.3 Å². The van der Waals surface area contributed by atoms with Gasteiger partial charge in [0, 0.05) is 53.0 Å². The first-order valence-electron chi connectivity index (χ1n) is 11.2. The summed E-state index contributed by atoms with van der Waals surface area (Å²) >= 11 is 0. The number of aromatic hydroxyl groups is 7. The number of phenolic OH excluding ortho intramolecular Hbond substituents is 7. The Balaban J connectivity index is 1.74. The summed E-state index contributed by atoms with van der Waals surface area (Å²) in [6.45, 7) is 0. The van der Waals surface area contributed by atoms with Crippen LogP contribution in [0.1, 0.15) is 57.1 Å². The normalized spacial score (nSPS) is 21.9. The number of phenols is 7. The molecule has 0 unspecified atom stereocenters. The lowest BCUT2D eigenvalue weighted by Crippen LogP contribution is -2.26. The van der Waals surface area contributed by atoms with Crippen molar-refractivity contribution in [1.29, 1.82) is 0 Å². The summed E-state index contributed by atoms with van der Waals surface area (Å²) in [4.78, 5) is 0. The summed E-state index contributed by atoms with van der Waals surface area (Å²) in [5.74, 6) is -2.65. The summed E-state index contributed by atoms with van der Waals surface area (Å²) in [6, 6.07) is 16.6. The molecule has 4 aromatic carbocycles. The van der Waals surface area contributed by atoms with Crippen LogP contribution in [0.3, 0.4) is 0 Å². The van der Waals surface area contributed by atoms with E-state index in [2.05, 4.69) is 0 Å². The maximum Gasteiger partial charge on any atom is 0.123 e. The lowest BCUT2D eigenvalue weighted by molar-refractivity contribution is 0.393. The zero-order valence-electron chi connectivity index (χ0n) is 18.3. The second-order valence-electron chi connectivity index (χ2n) is 9.28. The summed E-state index contributed by atoms with van der Waals surface area (Å²) < 4.78 is 0. The number of fused-ring (bicyclic) bond motifs is 7. The van der Waals surface area contributed by atoms with E-state index in [1.807, 2.05) is 0 Å². The maximum absolute atomic E-state index is 11.0. The highest BCUT2D eigenvalue weighted by molar-refractivity contribution is 5.69. The second kappa shape index (κ2) is 7.24. The number of hydrogen-bond donors (Lipinski definition) is 7. The number of benzene rings is 4. The Bertz CT molecular complexity index is 1490. The van der Waals surface area contributed by atoms with Gasteiger partial charge in [0.05, 0.1) is 0 Å². The van der Waals surface area contributed by atoms with Crippen LogP contribution in [0.15, 0.2) is 66.7 Å². The Morgan fingerprint density at radius 1 is 0.400 bits per heavy atom. The van der Waals surface area contributed by atoms with Crippen molar-refractivity contribution in [1.82, 2.24) is 0 Å². The van der Waals surface area contributed by atoms with Crippen LogP contribution in [0, 0.1) is 0 Å². The van der Waals surface area contributed by atoms with Crippen molar-refractivity contribution in [3.05, 3.63) is 100 Å². The molecule has 0 radical (unpaired) electrons. The monoisotopic (exact) mass is 470 g/mol. The van der Waals surface area contributed by atoms with E-state index in [0.29, 0.717) is 27.8 Å². The zero-order chi connectivity index (χ0) is 24.6. The molecule has 0 aromatic heterocycles. The Morgan fingerprint density at radius 3 is 1.54 bits per heavy atom. The van der Waals surface area contributed by atoms with Crippen LogP contribution in [0.4, 0.5) is 0 Å². The fourth-order valence-corrected chi connectivity index (χ4v) is 6.24. The molecular formula is C28H22O7. The molecule has 0 heterocycles. The molecule has 2 aliphatic carbocycles. The van der Waals surface area contributed by atoms with Gasteiger partial charge in [-0.1, -0.05) is 18.2 Å². The molecule has 2 aliphatic rings. The Kier molecular flexibility index (Phi) is 4.35. The first-order chi connectivity index (χ1) is 16.7. The van der Waals surface area contributed by atoms with Gasteiger partial charge in [-0.15, -0.1) is 0 Å². The van der Waals surface area contributed by atoms with Crippen molar-refractivity contribution < 1.29 is 35.7 Å². The fourth-order valence-electron chi connectivity index (χ4n) is 6.24. The minimum absolute atomic E-state index is 0.0763. The van der Waals surface area contributed by atoms with E-state index in [0.717, 1.165) is 5.56 Å². The van der Waals surface area contributed by atoms with Gasteiger partial charge in [-0.2, -0.15) is 0 Å². The van der Waals surface area contributed by atoms with Crippen LogP contribution < -0.4 is 0 Å². The van der Waals surface area contributed by atoms with Crippen LogP contribution in [0.2, 0.25) is 0 Å². The van der Waals surface area contributed by atoms with E-state index in [-0.39, 0.29) is 40.2 Å². The van der Waals surface area contributed by atoms with Gasteiger partial charge in [0.2, 0.25) is 0 Å². The van der Waals surface area contributed by atoms with Gasteiger partial charge < -0.3 is 35.7 Å². The predicted octanol–water partition coefficient (Wildman–Crippen LogP) is 4.78. The number of hydrogen-bond acceptors (Lipinski definition) is 7. The summed E-state index contributed by atoms with van der Waals surface area (Å²) in [6.07, 6.45) is 0. The van der Waals surface area contributed by atoms with Crippen LogP contribution in [-0.2, 0) is 0 Å². The molecule has 176 valence electrons. The molecular weight excluding hydrogens is 448 g/mol. The van der Waals surface area contributed by atoms with Gasteiger partial charge in [0.15, 0.2) is 0 Å². The Hall–Kier alpha value is -4.52. The molecule has 6 rings (SSSR count). The quantitative estimate of drug-likeness (QED) is 0.223. The van der Waals surface area contributed by atoms with Gasteiger partial charge in [0.25, 0.3) is 0 Å². The topological polar surface area (TPSA) is 142 Å². The lowest BCUT2D eigenvalue weighted by Gasteiger charge is -2.40. The van der Waals surface area contributed by atoms with E-state index in [9.17, 15) is 35.7 Å². The lowest BCUT2D eigenvalue weighted by atomic mass is 9.62. The zero-order valence-corrected chi connectivity index (χ0v) is 18.3. The first-order valence-corrected chi connectivity index (χ1v) is 11.2. The molecule has 4 aromatic rings. The molecule has 0 saturated carbocycles. The molecule has 7 nitrogen and oxygen atoms in total. The molecule has 7 N–H and O–H groups in total. The van der Waals surface area contributed by atoms with Crippen LogP contribution >= 0.6 is 0 Å². The summed E-state index contributed by atoms with van der Waals surface area (Å²) in [5.41, 5.74) is 3.61. The molecule has 7 heteroatoms. The highest BCUT2D eigenvalue weighted by Gasteiger charge is 2.54. The van der Waals surface area contributed by atoms with Gasteiger partial charge in [0.1, 0.15) is 40.2 Å². The largest absolute Gasteiger partial charge is 0.508 e. The predicted molar refractivity (Wildman–Crippen MR) is 127 cm³/mol. The highest BCUT2D eigenvalue weighted by atomic mass is 16.3. The third kappa shape index (κ3) is 2.98. The van der Waals surface area contributed by atoms with Gasteiger partial charge in [-0.05, 0) is 52.6 Å². The average molecular weight is 470 g/mol. The van der Waals surface area contributed by atoms with Crippen LogP contribution in [0.5, 0.6) is 40.2 Å². The molecule has 0 fully saturated rings. The van der Waals surface area contributed by atoms with E-state index in [1.54, 1.807) is 42.5 Å². The highest BCUT2D eigenvalue weighted by Crippen LogP contribution is 2.69. The van der Waals surface area contributed by atoms with Gasteiger partial charge >= 0.3 is 0 Å². The second-order valence-corrected chi connectivity index (χ2v) is 9.28. The molecule has 35 heavy (non-hydrogen) atoms. The van der Waals surface area contributed by atoms with Crippen LogP contribution in [-0.4, -0.2) is 35.7 Å². The molecule has 0 aliphatic heterocycles. The maximum atomic E-state index is 11.0. The van der Waals surface area contributed by atoms with E-state index < -0.39 is 23.7 Å². The summed E-state index contributed by atoms with van der Waals surface area (Å²) in [7, 11) is 0. The van der Waals surface area contributed by atoms with Crippen LogP contribution in [0.25, 0.3) is 0 Å². The summed E-state index contributed by atoms with van der Waals surface area (Å²) in [5, 5.41) is 73.5. The van der Waals surface area contributed by atoms with Crippen molar-refractivity contribution in [2.75, 3.05) is 0 Å². The molecule has 0 amide bonds. The smallest absolute Gasteiger partial charge is 0.123 e. The van der Waals surface area contributed by atoms with Gasteiger partial charge in [-0.3, -0.25) is 0 Å². The Labute approximate surface area is 200 Å². The van der Waals surface area contributed by atoms with Crippen molar-refractivity contribution in [3.63, 3.8) is 0 Å². The van der Waals surface area contributed by atoms with Crippen molar-refractivity contribution in [3.8, 4) is 40.2 Å². The average Bonchev–Trinajstić information content (AvgIpc) is 3.04. The Morgan fingerprint density at radius 2 is 0.914 bits per heavy atom. The van der Waals surface area contributed by atoms with Crippen molar-refractivity contribution in [2.45, 2.75) is 23.7 Å². The minimum atomic E-state index is -0.563. The van der Waals surface area contributed by atoms with Crippen molar-refractivity contribution >= 4 is 0 Å². The molecule has 0 saturated heterocycles. The fraction of sp³-hybridized carbons (Fsp3) is 0.143. The minimum Gasteiger partial charge on any atom is -0.508 e. The van der Waals surface area contributed by atoms with E-state index in [4.69, 9.17) is 0 Å². The third-order valence-electron chi connectivity index (χ3n) is 7.40. The van der Waals surface area contributed by atoms with Gasteiger partial charge in [-0.25, -0.2) is 0 Å². The SMILES string of the molecule is Oc1ccc([C@@H]2c3c(O)cc(O)cc3[C@@H]3c4c(O)cc(O)cc4[C@H]2[C@@H]3c2ccc(O)cc2O)cc1. The molecule has 0 spiro atoms.